The van der Waals surface area contributed by atoms with E-state index in [1.165, 1.54) is 35.4 Å². The number of furan rings is 1. The van der Waals surface area contributed by atoms with E-state index in [0.717, 1.165) is 12.8 Å². The number of aliphatic hydroxyl groups excluding tert-OH is 1. The molecule has 8 atom stereocenters. The number of para-hydroxylation sites is 1. The van der Waals surface area contributed by atoms with E-state index in [2.05, 4.69) is 42.1 Å². The first-order valence-corrected chi connectivity index (χ1v) is 18.5. The number of halogens is 3. The van der Waals surface area contributed by atoms with E-state index in [9.17, 15) is 33.0 Å². The number of fused-ring (bicyclic) bond motifs is 1. The lowest BCUT2D eigenvalue weighted by Crippen LogP contribution is -2.67. The summed E-state index contributed by atoms with van der Waals surface area (Å²) in [6, 6.07) is 17.3. The van der Waals surface area contributed by atoms with E-state index in [4.69, 9.17) is 4.42 Å². The van der Waals surface area contributed by atoms with E-state index in [1.807, 2.05) is 6.07 Å². The third kappa shape index (κ3) is 5.56. The molecule has 1 aromatic heterocycles. The number of ether oxygens (including phenoxy) is 1. The van der Waals surface area contributed by atoms with Gasteiger partial charge in [-0.2, -0.15) is 0 Å². The van der Waals surface area contributed by atoms with Gasteiger partial charge in [-0.15, -0.1) is 13.2 Å². The van der Waals surface area contributed by atoms with Gasteiger partial charge in [0, 0.05) is 34.1 Å². The Kier molecular flexibility index (Phi) is 8.31. The number of nitrogens with zero attached hydrogens (tertiary/aromatic N) is 1. The van der Waals surface area contributed by atoms with Gasteiger partial charge < -0.3 is 29.6 Å². The summed E-state index contributed by atoms with van der Waals surface area (Å²) in [6.45, 7) is 4.39. The zero-order chi connectivity index (χ0) is 37.4. The Hall–Kier alpha value is -4.35. The molecule has 3 aromatic rings. The van der Waals surface area contributed by atoms with Crippen LogP contribution in [0.2, 0.25) is 0 Å². The molecule has 3 fully saturated rings. The van der Waals surface area contributed by atoms with Crippen molar-refractivity contribution in [3.8, 4) is 5.75 Å². The van der Waals surface area contributed by atoms with Crippen LogP contribution in [0.15, 0.2) is 101 Å². The summed E-state index contributed by atoms with van der Waals surface area (Å²) in [5.41, 5.74) is -1.69. The second kappa shape index (κ2) is 12.3. The summed E-state index contributed by atoms with van der Waals surface area (Å²) in [4.78, 5) is 30.1. The zero-order valence-electron chi connectivity index (χ0n) is 29.9. The van der Waals surface area contributed by atoms with Crippen molar-refractivity contribution in [3.05, 3.63) is 108 Å². The summed E-state index contributed by atoms with van der Waals surface area (Å²) in [5, 5.41) is 26.9. The average molecular weight is 731 g/mol. The molecule has 3 N–H and O–H groups in total. The summed E-state index contributed by atoms with van der Waals surface area (Å²) in [6.07, 6.45) is 7.24. The first kappa shape index (κ1) is 35.7. The molecule has 6 aliphatic carbocycles. The number of allylic oxidation sites excluding steroid dienone is 4. The number of alkyl halides is 3. The van der Waals surface area contributed by atoms with E-state index in [-0.39, 0.29) is 47.6 Å². The van der Waals surface area contributed by atoms with Gasteiger partial charge in [0.25, 0.3) is 0 Å². The van der Waals surface area contributed by atoms with Crippen molar-refractivity contribution in [2.24, 2.45) is 33.5 Å². The van der Waals surface area contributed by atoms with Crippen molar-refractivity contribution in [2.45, 2.75) is 83.4 Å². The van der Waals surface area contributed by atoms with Crippen LogP contribution in [0, 0.1) is 33.5 Å². The lowest BCUT2D eigenvalue weighted by Gasteiger charge is -2.71. The molecule has 2 amide bonds. The van der Waals surface area contributed by atoms with Gasteiger partial charge in [0.05, 0.1) is 24.5 Å². The minimum absolute atomic E-state index is 0.0206. The topological polar surface area (TPSA) is 112 Å². The highest BCUT2D eigenvalue weighted by atomic mass is 19.4. The van der Waals surface area contributed by atoms with Crippen LogP contribution in [-0.4, -0.2) is 51.5 Å². The van der Waals surface area contributed by atoms with E-state index >= 15 is 0 Å². The normalized spacial score (nSPS) is 35.5. The Balaban J connectivity index is 1.16. The minimum Gasteiger partial charge on any atom is -0.461 e. The van der Waals surface area contributed by atoms with Crippen LogP contribution in [-0.2, 0) is 6.54 Å². The number of ketones is 1. The van der Waals surface area contributed by atoms with Crippen LogP contribution in [0.25, 0.3) is 0 Å². The van der Waals surface area contributed by atoms with Gasteiger partial charge in [-0.1, -0.05) is 62.4 Å². The van der Waals surface area contributed by atoms with Crippen LogP contribution in [0.1, 0.15) is 74.9 Å². The predicted molar refractivity (Wildman–Crippen MR) is 191 cm³/mol. The molecule has 2 spiro atoms. The third-order valence-corrected chi connectivity index (χ3v) is 14.0. The quantitative estimate of drug-likeness (QED) is 0.158. The van der Waals surface area contributed by atoms with Gasteiger partial charge in [0.2, 0.25) is 5.78 Å². The highest BCUT2D eigenvalue weighted by Gasteiger charge is 2.74. The van der Waals surface area contributed by atoms with Crippen LogP contribution in [0.3, 0.4) is 0 Å². The maximum Gasteiger partial charge on any atom is 0.573 e. The van der Waals surface area contributed by atoms with Gasteiger partial charge >= 0.3 is 12.4 Å². The van der Waals surface area contributed by atoms with Crippen molar-refractivity contribution in [3.63, 3.8) is 0 Å². The third-order valence-electron chi connectivity index (χ3n) is 14.0. The number of benzene rings is 2. The summed E-state index contributed by atoms with van der Waals surface area (Å²) >= 11 is 0. The van der Waals surface area contributed by atoms with Crippen molar-refractivity contribution in [1.29, 1.82) is 0 Å². The fourth-order valence-corrected chi connectivity index (χ4v) is 11.4. The van der Waals surface area contributed by atoms with Gasteiger partial charge in [-0.05, 0) is 104 Å². The Labute approximate surface area is 306 Å². The second-order valence-corrected chi connectivity index (χ2v) is 16.5. The molecule has 1 heterocycles. The SMILES string of the molecule is CC12CCC(O)CC13C=CC1(C(C(=O)c4ccco4)=C3)C2CCC2(C)C1CCC2(O)CN(Cc1ccc(OC(F)(F)F)cc1)C(=O)Nc1ccccc1. The fourth-order valence-electron chi connectivity index (χ4n) is 11.4. The molecule has 0 radical (unpaired) electrons. The predicted octanol–water partition coefficient (Wildman–Crippen LogP) is 8.69. The highest BCUT2D eigenvalue weighted by molar-refractivity contribution is 6.08. The molecule has 0 aliphatic heterocycles. The smallest absolute Gasteiger partial charge is 0.461 e. The molecule has 2 bridgehead atoms. The average Bonchev–Trinajstić information content (AvgIpc) is 3.75. The molecule has 11 heteroatoms. The van der Waals surface area contributed by atoms with Crippen molar-refractivity contribution >= 4 is 17.5 Å². The summed E-state index contributed by atoms with van der Waals surface area (Å²) in [7, 11) is 0. The first-order valence-electron chi connectivity index (χ1n) is 18.5. The Morgan fingerprint density at radius 2 is 1.62 bits per heavy atom. The number of carbonyl (C=O) groups is 2. The number of anilines is 1. The molecule has 2 aromatic carbocycles. The number of aliphatic hydroxyl groups is 2. The standard InChI is InChI=1S/C42H45F3N2O6/c1-37-17-14-29(48)23-39(37)20-21-41(31(24-39)35(49)32-9-6-22-52-32)33(37)15-18-38(2)34(41)16-19-40(38,51)26-47(36(50)46-28-7-4-3-5-8-28)25-27-10-12-30(13-11-27)53-42(43,44)45/h3-13,20-22,24,29,33-34,48,51H,14-19,23,25-26H2,1-2H3,(H,46,50). The van der Waals surface area contributed by atoms with E-state index in [0.29, 0.717) is 48.9 Å². The monoisotopic (exact) mass is 730 g/mol. The second-order valence-electron chi connectivity index (χ2n) is 16.5. The van der Waals surface area contributed by atoms with Crippen molar-refractivity contribution in [1.82, 2.24) is 4.90 Å². The van der Waals surface area contributed by atoms with E-state index < -0.39 is 40.3 Å². The van der Waals surface area contributed by atoms with Gasteiger partial charge in [-0.25, -0.2) is 4.79 Å². The fraction of sp³-hybridized carbons (Fsp3) is 0.476. The molecule has 0 saturated heterocycles. The number of rotatable bonds is 8. The molecule has 6 aliphatic rings. The van der Waals surface area contributed by atoms with Crippen molar-refractivity contribution in [2.75, 3.05) is 11.9 Å². The Morgan fingerprint density at radius 1 is 0.925 bits per heavy atom. The lowest BCUT2D eigenvalue weighted by molar-refractivity contribution is -0.274. The zero-order valence-corrected chi connectivity index (χ0v) is 29.9. The number of Topliss-reactive ketones (excluding diaryl/α,β-unsaturated/α-hetero) is 1. The molecule has 53 heavy (non-hydrogen) atoms. The lowest BCUT2D eigenvalue weighted by atomic mass is 9.32. The molecule has 3 saturated carbocycles. The van der Waals surface area contributed by atoms with Crippen LogP contribution in [0.5, 0.6) is 5.75 Å². The molecule has 280 valence electrons. The van der Waals surface area contributed by atoms with Gasteiger partial charge in [0.1, 0.15) is 5.75 Å². The molecule has 8 unspecified atom stereocenters. The van der Waals surface area contributed by atoms with Crippen LogP contribution in [0.4, 0.5) is 23.7 Å². The van der Waals surface area contributed by atoms with Gasteiger partial charge in [-0.3, -0.25) is 4.79 Å². The first-order chi connectivity index (χ1) is 25.1. The minimum atomic E-state index is -4.83. The number of urea groups is 1. The van der Waals surface area contributed by atoms with Crippen LogP contribution < -0.4 is 10.1 Å². The van der Waals surface area contributed by atoms with E-state index in [1.54, 1.807) is 36.4 Å². The summed E-state index contributed by atoms with van der Waals surface area (Å²) in [5.74, 6) is -0.349. The number of carbonyl (C=O) groups excluding carboxylic acids is 2. The maximum atomic E-state index is 14.5. The Morgan fingerprint density at radius 3 is 2.32 bits per heavy atom. The molecule has 9 rings (SSSR count). The number of hydrogen-bond acceptors (Lipinski definition) is 6. The van der Waals surface area contributed by atoms with Gasteiger partial charge in [0.15, 0.2) is 5.76 Å². The number of amides is 2. The molecular weight excluding hydrogens is 685 g/mol. The molecule has 8 nitrogen and oxygen atoms in total. The van der Waals surface area contributed by atoms with Crippen LogP contribution >= 0.6 is 0 Å². The maximum absolute atomic E-state index is 14.5. The summed E-state index contributed by atoms with van der Waals surface area (Å²) < 4.78 is 48.4. The highest BCUT2D eigenvalue weighted by Crippen LogP contribution is 2.78. The van der Waals surface area contributed by atoms with Crippen molar-refractivity contribution < 1.29 is 42.1 Å². The Bertz CT molecular complexity index is 1950. The number of hydrogen-bond donors (Lipinski definition) is 3. The largest absolute Gasteiger partial charge is 0.573 e. The molecular formula is C42H45F3N2O6. The number of nitrogens with one attached hydrogen (secondary N) is 1.